The number of halogens is 3. The SMILES string of the molecule is CC(C)N=c1cc2n(-c3cccc(OCC(F)(F)F)c3)c3ccccc3nc-2cc1Nc1cccnc1. The van der Waals surface area contributed by atoms with E-state index in [1.807, 2.05) is 73.0 Å². The molecule has 0 saturated carbocycles. The van der Waals surface area contributed by atoms with Crippen molar-refractivity contribution in [2.75, 3.05) is 11.9 Å². The van der Waals surface area contributed by atoms with Crippen molar-refractivity contribution in [3.05, 3.63) is 90.5 Å². The minimum atomic E-state index is -4.43. The van der Waals surface area contributed by atoms with Gasteiger partial charge in [0.25, 0.3) is 0 Å². The molecular formula is C28H24F3N5O. The topological polar surface area (TPSA) is 64.3 Å². The Morgan fingerprint density at radius 2 is 1.84 bits per heavy atom. The molecule has 37 heavy (non-hydrogen) atoms. The molecule has 1 aliphatic heterocycles. The highest BCUT2D eigenvalue weighted by Gasteiger charge is 2.28. The highest BCUT2D eigenvalue weighted by molar-refractivity contribution is 5.84. The first-order valence-corrected chi connectivity index (χ1v) is 11.7. The molecule has 188 valence electrons. The van der Waals surface area contributed by atoms with E-state index < -0.39 is 12.8 Å². The average molecular weight is 504 g/mol. The molecule has 2 aliphatic rings. The van der Waals surface area contributed by atoms with E-state index in [2.05, 4.69) is 10.3 Å². The molecule has 0 unspecified atom stereocenters. The van der Waals surface area contributed by atoms with Crippen molar-refractivity contribution in [2.45, 2.75) is 26.1 Å². The number of pyridine rings is 1. The lowest BCUT2D eigenvalue weighted by Crippen LogP contribution is -2.19. The van der Waals surface area contributed by atoms with Gasteiger partial charge in [0.2, 0.25) is 0 Å². The van der Waals surface area contributed by atoms with Gasteiger partial charge in [-0.25, -0.2) is 4.98 Å². The Kier molecular flexibility index (Phi) is 6.52. The largest absolute Gasteiger partial charge is 0.484 e. The molecule has 0 fully saturated rings. The number of alkyl halides is 3. The second-order valence-corrected chi connectivity index (χ2v) is 8.78. The second kappa shape index (κ2) is 9.93. The summed E-state index contributed by atoms with van der Waals surface area (Å²) in [5, 5.41) is 4.11. The number of hydrogen-bond donors (Lipinski definition) is 1. The van der Waals surface area contributed by atoms with Crippen LogP contribution >= 0.6 is 0 Å². The molecule has 6 nitrogen and oxygen atoms in total. The van der Waals surface area contributed by atoms with Crippen LogP contribution in [0.3, 0.4) is 0 Å². The van der Waals surface area contributed by atoms with E-state index >= 15 is 0 Å². The van der Waals surface area contributed by atoms with Gasteiger partial charge in [-0.2, -0.15) is 13.2 Å². The zero-order valence-electron chi connectivity index (χ0n) is 20.2. The Morgan fingerprint density at radius 1 is 1.00 bits per heavy atom. The van der Waals surface area contributed by atoms with Crippen molar-refractivity contribution in [2.24, 2.45) is 4.99 Å². The average Bonchev–Trinajstić information content (AvgIpc) is 2.87. The summed E-state index contributed by atoms with van der Waals surface area (Å²) in [4.78, 5) is 13.9. The Morgan fingerprint density at radius 3 is 2.59 bits per heavy atom. The number of benzene rings is 3. The first-order valence-electron chi connectivity index (χ1n) is 11.7. The molecule has 2 aromatic carbocycles. The molecule has 2 heterocycles. The lowest BCUT2D eigenvalue weighted by molar-refractivity contribution is -0.153. The summed E-state index contributed by atoms with van der Waals surface area (Å²) in [6.45, 7) is 2.62. The lowest BCUT2D eigenvalue weighted by atomic mass is 10.1. The normalized spacial score (nSPS) is 12.4. The van der Waals surface area contributed by atoms with Gasteiger partial charge in [-0.1, -0.05) is 18.2 Å². The summed E-state index contributed by atoms with van der Waals surface area (Å²) in [7, 11) is 0. The van der Waals surface area contributed by atoms with Crippen molar-refractivity contribution < 1.29 is 17.9 Å². The number of anilines is 2. The minimum Gasteiger partial charge on any atom is -0.484 e. The van der Waals surface area contributed by atoms with E-state index in [9.17, 15) is 13.2 Å². The maximum absolute atomic E-state index is 12.8. The van der Waals surface area contributed by atoms with Gasteiger partial charge in [0.1, 0.15) is 5.75 Å². The number of para-hydroxylation sites is 2. The Labute approximate surface area is 211 Å². The van der Waals surface area contributed by atoms with E-state index in [4.69, 9.17) is 14.7 Å². The first-order chi connectivity index (χ1) is 17.8. The molecule has 1 aromatic heterocycles. The van der Waals surface area contributed by atoms with Gasteiger partial charge in [0.15, 0.2) is 6.61 Å². The smallest absolute Gasteiger partial charge is 0.422 e. The monoisotopic (exact) mass is 503 g/mol. The predicted molar refractivity (Wildman–Crippen MR) is 137 cm³/mol. The van der Waals surface area contributed by atoms with Crippen molar-refractivity contribution in [1.82, 2.24) is 14.5 Å². The van der Waals surface area contributed by atoms with Crippen LogP contribution in [0.25, 0.3) is 28.1 Å². The first kappa shape index (κ1) is 24.3. The number of nitrogens with one attached hydrogen (secondary N) is 1. The number of rotatable bonds is 6. The number of nitrogens with zero attached hydrogens (tertiary/aromatic N) is 4. The molecule has 0 atom stereocenters. The molecular weight excluding hydrogens is 479 g/mol. The minimum absolute atomic E-state index is 0.0212. The van der Waals surface area contributed by atoms with Crippen molar-refractivity contribution in [1.29, 1.82) is 0 Å². The zero-order valence-corrected chi connectivity index (χ0v) is 20.2. The third-order valence-electron chi connectivity index (χ3n) is 5.51. The maximum atomic E-state index is 12.8. The maximum Gasteiger partial charge on any atom is 0.422 e. The van der Waals surface area contributed by atoms with Crippen LogP contribution in [0.4, 0.5) is 24.5 Å². The zero-order chi connectivity index (χ0) is 26.0. The van der Waals surface area contributed by atoms with Gasteiger partial charge < -0.3 is 14.6 Å². The molecule has 1 aliphatic carbocycles. The van der Waals surface area contributed by atoms with Gasteiger partial charge in [0, 0.05) is 24.0 Å². The van der Waals surface area contributed by atoms with Crippen LogP contribution in [0.15, 0.2) is 90.2 Å². The second-order valence-electron chi connectivity index (χ2n) is 8.78. The summed E-state index contributed by atoms with van der Waals surface area (Å²) in [6, 6.07) is 21.9. The fourth-order valence-electron chi connectivity index (χ4n) is 4.07. The van der Waals surface area contributed by atoms with Crippen LogP contribution in [0.2, 0.25) is 0 Å². The standard InChI is InChI=1S/C28H24F3N5O/c1-18(2)33-24-15-27-25(14-23(24)34-19-7-6-12-32-16-19)35-22-10-3-4-11-26(22)36(27)20-8-5-9-21(13-20)37-17-28(29,30)31/h3-16,18,34H,17H2,1-2H3. The highest BCUT2D eigenvalue weighted by Crippen LogP contribution is 2.31. The lowest BCUT2D eigenvalue weighted by Gasteiger charge is -2.21. The molecule has 0 bridgehead atoms. The van der Waals surface area contributed by atoms with Crippen molar-refractivity contribution in [3.8, 4) is 22.8 Å². The summed E-state index contributed by atoms with van der Waals surface area (Å²) in [5.74, 6) is 0.123. The van der Waals surface area contributed by atoms with E-state index in [0.29, 0.717) is 11.4 Å². The van der Waals surface area contributed by atoms with Crippen LogP contribution in [0.5, 0.6) is 5.75 Å². The van der Waals surface area contributed by atoms with Crippen molar-refractivity contribution >= 4 is 22.4 Å². The molecule has 0 radical (unpaired) electrons. The van der Waals surface area contributed by atoms with E-state index in [0.717, 1.165) is 33.5 Å². The summed E-state index contributed by atoms with van der Waals surface area (Å²) < 4.78 is 45.3. The summed E-state index contributed by atoms with van der Waals surface area (Å²) >= 11 is 0. The van der Waals surface area contributed by atoms with E-state index in [1.54, 1.807) is 24.5 Å². The Hall–Kier alpha value is -4.40. The highest BCUT2D eigenvalue weighted by atomic mass is 19.4. The Bertz CT molecular complexity index is 1580. The molecule has 9 heteroatoms. The van der Waals surface area contributed by atoms with Crippen LogP contribution in [-0.2, 0) is 0 Å². The van der Waals surface area contributed by atoms with E-state index in [1.165, 1.54) is 6.07 Å². The van der Waals surface area contributed by atoms with Crippen molar-refractivity contribution in [3.63, 3.8) is 0 Å². The molecule has 0 saturated heterocycles. The number of fused-ring (bicyclic) bond motifs is 2. The molecule has 5 rings (SSSR count). The van der Waals surface area contributed by atoms with Gasteiger partial charge in [0.05, 0.1) is 45.4 Å². The number of aromatic nitrogens is 3. The van der Waals surface area contributed by atoms with Gasteiger partial charge in [-0.15, -0.1) is 0 Å². The number of ether oxygens (including phenoxy) is 1. The third kappa shape index (κ3) is 5.55. The van der Waals surface area contributed by atoms with E-state index in [-0.39, 0.29) is 11.8 Å². The fourth-order valence-corrected chi connectivity index (χ4v) is 4.07. The van der Waals surface area contributed by atoms with Gasteiger partial charge >= 0.3 is 6.18 Å². The van der Waals surface area contributed by atoms with Gasteiger partial charge in [-0.05, 0) is 62.4 Å². The van der Waals surface area contributed by atoms with Crippen LogP contribution in [-0.4, -0.2) is 33.4 Å². The van der Waals surface area contributed by atoms with Crippen LogP contribution in [0, 0.1) is 0 Å². The fraction of sp³-hybridized carbons (Fsp3) is 0.179. The van der Waals surface area contributed by atoms with Crippen LogP contribution in [0.1, 0.15) is 13.8 Å². The summed E-state index contributed by atoms with van der Waals surface area (Å²) in [6.07, 6.45) is -0.998. The number of hydrogen-bond acceptors (Lipinski definition) is 5. The van der Waals surface area contributed by atoms with Crippen LogP contribution < -0.4 is 15.4 Å². The molecule has 1 N–H and O–H groups in total. The quantitative estimate of drug-likeness (QED) is 0.268. The predicted octanol–water partition coefficient (Wildman–Crippen LogP) is 6.52. The molecule has 0 amide bonds. The molecule has 0 spiro atoms. The van der Waals surface area contributed by atoms with Gasteiger partial charge in [-0.3, -0.25) is 9.98 Å². The summed E-state index contributed by atoms with van der Waals surface area (Å²) in [5.41, 5.74) is 5.20. The molecule has 3 aromatic rings. The third-order valence-corrected chi connectivity index (χ3v) is 5.51. The Balaban J connectivity index is 1.73.